The molecule has 0 unspecified atom stereocenters. The lowest BCUT2D eigenvalue weighted by Crippen LogP contribution is -2.36. The highest BCUT2D eigenvalue weighted by Crippen LogP contribution is 2.17. The first-order valence-electron chi connectivity index (χ1n) is 6.41. The summed E-state index contributed by atoms with van der Waals surface area (Å²) in [6.07, 6.45) is 3.62. The first kappa shape index (κ1) is 15.9. The molecule has 106 valence electrons. The van der Waals surface area contributed by atoms with E-state index in [1.54, 1.807) is 18.3 Å². The zero-order valence-electron chi connectivity index (χ0n) is 11.1. The maximum atomic E-state index is 11.9. The quantitative estimate of drug-likeness (QED) is 0.715. The number of nitrogens with one attached hydrogen (secondary N) is 1. The normalized spacial score (nSPS) is 10.7. The van der Waals surface area contributed by atoms with Crippen molar-refractivity contribution in [3.05, 3.63) is 23.5 Å². The highest BCUT2D eigenvalue weighted by molar-refractivity contribution is 6.32. The van der Waals surface area contributed by atoms with Crippen molar-refractivity contribution in [3.8, 4) is 0 Å². The largest absolute Gasteiger partial charge is 0.395 e. The molecule has 2 N–H and O–H groups in total. The predicted octanol–water partition coefficient (Wildman–Crippen LogP) is 1.77. The zero-order chi connectivity index (χ0) is 14.1. The van der Waals surface area contributed by atoms with Crippen molar-refractivity contribution in [1.29, 1.82) is 0 Å². The average Bonchev–Trinajstić information content (AvgIpc) is 2.39. The Balaban J connectivity index is 2.50. The van der Waals surface area contributed by atoms with Crippen LogP contribution in [0.15, 0.2) is 18.3 Å². The maximum Gasteiger partial charge on any atom is 0.238 e. The molecule has 6 heteroatoms. The molecule has 1 aromatic rings. The van der Waals surface area contributed by atoms with Gasteiger partial charge in [0.1, 0.15) is 0 Å². The van der Waals surface area contributed by atoms with Crippen LogP contribution in [0.1, 0.15) is 19.8 Å². The second-order valence-electron chi connectivity index (χ2n) is 4.24. The molecule has 0 aliphatic rings. The van der Waals surface area contributed by atoms with Gasteiger partial charge in [0.2, 0.25) is 5.91 Å². The number of nitrogens with zero attached hydrogens (tertiary/aromatic N) is 2. The SMILES string of the molecule is CCCCN(CCO)CC(=O)Nc1cccnc1Cl. The molecule has 0 spiro atoms. The number of halogens is 1. The Morgan fingerprint density at radius 1 is 1.53 bits per heavy atom. The summed E-state index contributed by atoms with van der Waals surface area (Å²) in [5.41, 5.74) is 0.508. The summed E-state index contributed by atoms with van der Waals surface area (Å²) in [6.45, 7) is 3.67. The minimum atomic E-state index is -0.153. The van der Waals surface area contributed by atoms with E-state index < -0.39 is 0 Å². The van der Waals surface area contributed by atoms with Crippen molar-refractivity contribution in [2.75, 3.05) is 31.6 Å². The highest BCUT2D eigenvalue weighted by Gasteiger charge is 2.11. The Morgan fingerprint density at radius 2 is 2.32 bits per heavy atom. The molecule has 0 atom stereocenters. The second kappa shape index (κ2) is 8.85. The molecule has 0 bridgehead atoms. The molecule has 1 rings (SSSR count). The van der Waals surface area contributed by atoms with E-state index in [-0.39, 0.29) is 24.2 Å². The first-order chi connectivity index (χ1) is 9.17. The summed E-state index contributed by atoms with van der Waals surface area (Å²) in [4.78, 5) is 17.7. The third-order valence-electron chi connectivity index (χ3n) is 2.64. The number of pyridine rings is 1. The number of hydrogen-bond donors (Lipinski definition) is 2. The number of aliphatic hydroxyl groups excluding tert-OH is 1. The van der Waals surface area contributed by atoms with Crippen LogP contribution in [0.3, 0.4) is 0 Å². The number of hydrogen-bond acceptors (Lipinski definition) is 4. The van der Waals surface area contributed by atoms with Crippen molar-refractivity contribution in [3.63, 3.8) is 0 Å². The van der Waals surface area contributed by atoms with Gasteiger partial charge in [0, 0.05) is 12.7 Å². The fourth-order valence-corrected chi connectivity index (χ4v) is 1.83. The molecule has 0 saturated carbocycles. The third-order valence-corrected chi connectivity index (χ3v) is 2.95. The Morgan fingerprint density at radius 3 is 2.95 bits per heavy atom. The van der Waals surface area contributed by atoms with Crippen LogP contribution in [0.25, 0.3) is 0 Å². The minimum Gasteiger partial charge on any atom is -0.395 e. The third kappa shape index (κ3) is 6.00. The van der Waals surface area contributed by atoms with E-state index in [0.717, 1.165) is 19.4 Å². The van der Waals surface area contributed by atoms with Crippen LogP contribution in [-0.4, -0.2) is 47.1 Å². The maximum absolute atomic E-state index is 11.9. The van der Waals surface area contributed by atoms with E-state index in [0.29, 0.717) is 12.2 Å². The number of carbonyl (C=O) groups is 1. The number of unbranched alkanes of at least 4 members (excludes halogenated alkanes) is 1. The highest BCUT2D eigenvalue weighted by atomic mass is 35.5. The monoisotopic (exact) mass is 285 g/mol. The van der Waals surface area contributed by atoms with Crippen molar-refractivity contribution in [2.24, 2.45) is 0 Å². The Labute approximate surface area is 118 Å². The van der Waals surface area contributed by atoms with Gasteiger partial charge in [-0.2, -0.15) is 0 Å². The topological polar surface area (TPSA) is 65.5 Å². The van der Waals surface area contributed by atoms with Crippen LogP contribution in [0.4, 0.5) is 5.69 Å². The van der Waals surface area contributed by atoms with Gasteiger partial charge >= 0.3 is 0 Å². The van der Waals surface area contributed by atoms with E-state index in [1.807, 2.05) is 4.90 Å². The van der Waals surface area contributed by atoms with Gasteiger partial charge in [0.05, 0.1) is 18.8 Å². The van der Waals surface area contributed by atoms with E-state index in [2.05, 4.69) is 17.2 Å². The molecule has 0 aliphatic carbocycles. The summed E-state index contributed by atoms with van der Waals surface area (Å²) in [5, 5.41) is 12.0. The molecule has 1 heterocycles. The van der Waals surface area contributed by atoms with Crippen LogP contribution in [-0.2, 0) is 4.79 Å². The van der Waals surface area contributed by atoms with Gasteiger partial charge in [-0.25, -0.2) is 4.98 Å². The Bertz CT molecular complexity index is 401. The molecule has 0 aliphatic heterocycles. The summed E-state index contributed by atoms with van der Waals surface area (Å²) in [5.74, 6) is -0.153. The van der Waals surface area contributed by atoms with Crippen LogP contribution in [0.2, 0.25) is 5.15 Å². The molecule has 5 nitrogen and oxygen atoms in total. The smallest absolute Gasteiger partial charge is 0.238 e. The van der Waals surface area contributed by atoms with Crippen LogP contribution in [0, 0.1) is 0 Å². The summed E-state index contributed by atoms with van der Waals surface area (Å²) in [6, 6.07) is 3.42. The van der Waals surface area contributed by atoms with Crippen LogP contribution < -0.4 is 5.32 Å². The fraction of sp³-hybridized carbons (Fsp3) is 0.538. The summed E-state index contributed by atoms with van der Waals surface area (Å²) >= 11 is 5.87. The van der Waals surface area contributed by atoms with E-state index in [9.17, 15) is 4.79 Å². The molecular formula is C13H20ClN3O2. The van der Waals surface area contributed by atoms with Crippen molar-refractivity contribution >= 4 is 23.2 Å². The fourth-order valence-electron chi connectivity index (χ4n) is 1.67. The summed E-state index contributed by atoms with van der Waals surface area (Å²) < 4.78 is 0. The lowest BCUT2D eigenvalue weighted by Gasteiger charge is -2.20. The van der Waals surface area contributed by atoms with Crippen molar-refractivity contribution in [2.45, 2.75) is 19.8 Å². The van der Waals surface area contributed by atoms with Gasteiger partial charge in [-0.05, 0) is 25.1 Å². The summed E-state index contributed by atoms with van der Waals surface area (Å²) in [7, 11) is 0. The number of amides is 1. The van der Waals surface area contributed by atoms with Crippen LogP contribution in [0.5, 0.6) is 0 Å². The molecule has 0 aromatic carbocycles. The standard InChI is InChI=1S/C13H20ClN3O2/c1-2-3-7-17(8-9-18)10-12(19)16-11-5-4-6-15-13(11)14/h4-6,18H,2-3,7-10H2,1H3,(H,16,19). The van der Waals surface area contributed by atoms with Crippen LogP contribution >= 0.6 is 11.6 Å². The molecule has 0 radical (unpaired) electrons. The molecular weight excluding hydrogens is 266 g/mol. The molecule has 0 saturated heterocycles. The van der Waals surface area contributed by atoms with E-state index in [4.69, 9.17) is 16.7 Å². The number of aromatic nitrogens is 1. The number of carbonyl (C=O) groups excluding carboxylic acids is 1. The van der Waals surface area contributed by atoms with Gasteiger partial charge in [-0.15, -0.1) is 0 Å². The second-order valence-corrected chi connectivity index (χ2v) is 4.60. The predicted molar refractivity (Wildman–Crippen MR) is 76.3 cm³/mol. The van der Waals surface area contributed by atoms with Crippen molar-refractivity contribution < 1.29 is 9.90 Å². The van der Waals surface area contributed by atoms with Gasteiger partial charge in [-0.3, -0.25) is 9.69 Å². The lowest BCUT2D eigenvalue weighted by molar-refractivity contribution is -0.117. The first-order valence-corrected chi connectivity index (χ1v) is 6.78. The lowest BCUT2D eigenvalue weighted by atomic mass is 10.3. The van der Waals surface area contributed by atoms with Gasteiger partial charge in [0.15, 0.2) is 5.15 Å². The zero-order valence-corrected chi connectivity index (χ0v) is 11.9. The number of aliphatic hydroxyl groups is 1. The molecule has 0 fully saturated rings. The number of anilines is 1. The molecule has 1 aromatic heterocycles. The number of rotatable bonds is 8. The van der Waals surface area contributed by atoms with Crippen molar-refractivity contribution in [1.82, 2.24) is 9.88 Å². The van der Waals surface area contributed by atoms with Gasteiger partial charge < -0.3 is 10.4 Å². The minimum absolute atomic E-state index is 0.0463. The molecule has 1 amide bonds. The average molecular weight is 286 g/mol. The van der Waals surface area contributed by atoms with E-state index in [1.165, 1.54) is 0 Å². The van der Waals surface area contributed by atoms with E-state index >= 15 is 0 Å². The molecule has 19 heavy (non-hydrogen) atoms. The van der Waals surface area contributed by atoms with Gasteiger partial charge in [0.25, 0.3) is 0 Å². The Hall–Kier alpha value is -1.17. The van der Waals surface area contributed by atoms with Gasteiger partial charge in [-0.1, -0.05) is 24.9 Å². The Kier molecular flexibility index (Phi) is 7.40.